The Bertz CT molecular complexity index is 959. The van der Waals surface area contributed by atoms with E-state index in [-0.39, 0.29) is 11.6 Å². The van der Waals surface area contributed by atoms with Crippen LogP contribution in [0.2, 0.25) is 15.1 Å². The fourth-order valence-electron chi connectivity index (χ4n) is 2.21. The van der Waals surface area contributed by atoms with E-state index in [0.29, 0.717) is 32.7 Å². The van der Waals surface area contributed by atoms with Crippen LogP contribution in [0.4, 0.5) is 4.39 Å². The van der Waals surface area contributed by atoms with Gasteiger partial charge >= 0.3 is 0 Å². The number of nitrogens with zero attached hydrogens (tertiary/aromatic N) is 1. The molecule has 0 saturated heterocycles. The lowest BCUT2D eigenvalue weighted by Crippen LogP contribution is -1.93. The van der Waals surface area contributed by atoms with E-state index >= 15 is 0 Å². The first-order valence-electron chi connectivity index (χ1n) is 7.85. The quantitative estimate of drug-likeness (QED) is 0.311. The Labute approximate surface area is 170 Å². The van der Waals surface area contributed by atoms with Crippen LogP contribution in [-0.2, 0) is 11.4 Å². The third-order valence-electron chi connectivity index (χ3n) is 3.57. The van der Waals surface area contributed by atoms with E-state index in [9.17, 15) is 4.39 Å². The van der Waals surface area contributed by atoms with Gasteiger partial charge in [-0.15, -0.1) is 0 Å². The lowest BCUT2D eigenvalue weighted by molar-refractivity contribution is 0.132. The number of benzene rings is 3. The Hall–Kier alpha value is -2.27. The van der Waals surface area contributed by atoms with E-state index in [4.69, 9.17) is 44.4 Å². The molecular weight excluding hydrogens is 412 g/mol. The van der Waals surface area contributed by atoms with Crippen molar-refractivity contribution in [2.45, 2.75) is 6.61 Å². The number of rotatable bonds is 6. The van der Waals surface area contributed by atoms with Gasteiger partial charge < -0.3 is 9.57 Å². The average Bonchev–Trinajstić information content (AvgIpc) is 2.65. The van der Waals surface area contributed by atoms with E-state index in [1.165, 1.54) is 18.3 Å². The van der Waals surface area contributed by atoms with Crippen molar-refractivity contribution >= 4 is 41.0 Å². The first-order chi connectivity index (χ1) is 13.0. The highest BCUT2D eigenvalue weighted by molar-refractivity contribution is 6.35. The third kappa shape index (κ3) is 5.13. The largest absolute Gasteiger partial charge is 0.457 e. The third-order valence-corrected chi connectivity index (χ3v) is 4.59. The predicted molar refractivity (Wildman–Crippen MR) is 107 cm³/mol. The maximum absolute atomic E-state index is 13.6. The summed E-state index contributed by atoms with van der Waals surface area (Å²) in [5, 5.41) is 4.98. The maximum Gasteiger partial charge on any atom is 0.145 e. The van der Waals surface area contributed by atoms with Gasteiger partial charge in [-0.2, -0.15) is 0 Å². The molecule has 0 heterocycles. The predicted octanol–water partition coefficient (Wildman–Crippen LogP) is 7.13. The zero-order valence-electron chi connectivity index (χ0n) is 13.8. The highest BCUT2D eigenvalue weighted by Gasteiger charge is 2.07. The molecule has 0 unspecified atom stereocenters. The lowest BCUT2D eigenvalue weighted by atomic mass is 10.2. The van der Waals surface area contributed by atoms with Gasteiger partial charge in [-0.05, 0) is 36.4 Å². The summed E-state index contributed by atoms with van der Waals surface area (Å²) in [5.41, 5.74) is 1.30. The Morgan fingerprint density at radius 3 is 2.37 bits per heavy atom. The molecule has 3 nitrogen and oxygen atoms in total. The molecule has 0 aliphatic heterocycles. The molecule has 3 aromatic carbocycles. The maximum atomic E-state index is 13.6. The molecule has 0 atom stereocenters. The molecule has 0 radical (unpaired) electrons. The van der Waals surface area contributed by atoms with Crippen LogP contribution in [0, 0.1) is 5.82 Å². The van der Waals surface area contributed by atoms with Crippen molar-refractivity contribution < 1.29 is 14.0 Å². The van der Waals surface area contributed by atoms with Gasteiger partial charge in [-0.1, -0.05) is 58.2 Å². The van der Waals surface area contributed by atoms with E-state index in [1.54, 1.807) is 42.5 Å². The van der Waals surface area contributed by atoms with Gasteiger partial charge in [0.15, 0.2) is 0 Å². The first-order valence-corrected chi connectivity index (χ1v) is 8.98. The van der Waals surface area contributed by atoms with Crippen LogP contribution in [0.5, 0.6) is 11.5 Å². The van der Waals surface area contributed by atoms with Gasteiger partial charge in [-0.3, -0.25) is 0 Å². The minimum atomic E-state index is -0.555. The zero-order chi connectivity index (χ0) is 19.2. The Morgan fingerprint density at radius 1 is 0.889 bits per heavy atom. The van der Waals surface area contributed by atoms with Crippen molar-refractivity contribution in [3.05, 3.63) is 92.7 Å². The van der Waals surface area contributed by atoms with Gasteiger partial charge in [0.1, 0.15) is 23.9 Å². The fraction of sp³-hybridized carbons (Fsp3) is 0.0500. The number of oxime groups is 1. The molecule has 3 rings (SSSR count). The standard InChI is InChI=1S/C20H13Cl3FNO2/c21-16-5-3-6-17(22)15(16)12-26-25-11-13-4-1-2-7-20(13)27-14-8-9-18(23)19(24)10-14/h1-11H,12H2/b25-11+. The molecular formula is C20H13Cl3FNO2. The summed E-state index contributed by atoms with van der Waals surface area (Å²) in [7, 11) is 0. The van der Waals surface area contributed by atoms with Crippen LogP contribution in [0.3, 0.4) is 0 Å². The van der Waals surface area contributed by atoms with Gasteiger partial charge in [0.2, 0.25) is 0 Å². The van der Waals surface area contributed by atoms with E-state index in [2.05, 4.69) is 5.16 Å². The summed E-state index contributed by atoms with van der Waals surface area (Å²) in [6, 6.07) is 16.6. The number of hydrogen-bond acceptors (Lipinski definition) is 3. The molecule has 0 aliphatic carbocycles. The van der Waals surface area contributed by atoms with Crippen LogP contribution in [0.25, 0.3) is 0 Å². The fourth-order valence-corrected chi connectivity index (χ4v) is 2.84. The molecule has 138 valence electrons. The van der Waals surface area contributed by atoms with Crippen molar-refractivity contribution in [1.82, 2.24) is 0 Å². The van der Waals surface area contributed by atoms with E-state index in [0.717, 1.165) is 0 Å². The number of hydrogen-bond donors (Lipinski definition) is 0. The lowest BCUT2D eigenvalue weighted by Gasteiger charge is -2.09. The summed E-state index contributed by atoms with van der Waals surface area (Å²) in [6.45, 7) is 0.125. The van der Waals surface area contributed by atoms with Crippen LogP contribution in [-0.4, -0.2) is 6.21 Å². The van der Waals surface area contributed by atoms with Crippen molar-refractivity contribution in [3.8, 4) is 11.5 Å². The minimum Gasteiger partial charge on any atom is -0.457 e. The van der Waals surface area contributed by atoms with Crippen molar-refractivity contribution in [2.24, 2.45) is 5.16 Å². The summed E-state index contributed by atoms with van der Waals surface area (Å²) >= 11 is 17.9. The van der Waals surface area contributed by atoms with E-state index in [1.807, 2.05) is 6.07 Å². The number of ether oxygens (including phenoxy) is 1. The minimum absolute atomic E-state index is 0.0313. The molecule has 0 bridgehead atoms. The Morgan fingerprint density at radius 2 is 1.63 bits per heavy atom. The second-order valence-electron chi connectivity index (χ2n) is 5.42. The molecule has 0 fully saturated rings. The molecule has 0 saturated carbocycles. The van der Waals surface area contributed by atoms with Crippen LogP contribution in [0.1, 0.15) is 11.1 Å². The van der Waals surface area contributed by atoms with Gasteiger partial charge in [-0.25, -0.2) is 4.39 Å². The monoisotopic (exact) mass is 423 g/mol. The molecule has 0 N–H and O–H groups in total. The highest BCUT2D eigenvalue weighted by atomic mass is 35.5. The summed E-state index contributed by atoms with van der Waals surface area (Å²) in [4.78, 5) is 5.29. The first kappa shape index (κ1) is 19.5. The molecule has 27 heavy (non-hydrogen) atoms. The van der Waals surface area contributed by atoms with Crippen molar-refractivity contribution in [2.75, 3.05) is 0 Å². The van der Waals surface area contributed by atoms with Gasteiger partial charge in [0.25, 0.3) is 0 Å². The van der Waals surface area contributed by atoms with Crippen LogP contribution >= 0.6 is 34.8 Å². The highest BCUT2D eigenvalue weighted by Crippen LogP contribution is 2.28. The normalized spacial score (nSPS) is 11.0. The van der Waals surface area contributed by atoms with Crippen molar-refractivity contribution in [3.63, 3.8) is 0 Å². The Balaban J connectivity index is 1.70. The molecule has 0 aliphatic rings. The molecule has 3 aromatic rings. The molecule has 0 aromatic heterocycles. The number of halogens is 4. The molecule has 7 heteroatoms. The topological polar surface area (TPSA) is 30.8 Å². The van der Waals surface area contributed by atoms with Crippen LogP contribution < -0.4 is 4.74 Å². The zero-order valence-corrected chi connectivity index (χ0v) is 16.1. The summed E-state index contributed by atoms with van der Waals surface area (Å²) in [5.74, 6) is 0.254. The molecule has 0 amide bonds. The summed E-state index contributed by atoms with van der Waals surface area (Å²) in [6.07, 6.45) is 1.49. The second-order valence-corrected chi connectivity index (χ2v) is 6.65. The van der Waals surface area contributed by atoms with Crippen molar-refractivity contribution in [1.29, 1.82) is 0 Å². The average molecular weight is 425 g/mol. The smallest absolute Gasteiger partial charge is 0.145 e. The van der Waals surface area contributed by atoms with E-state index < -0.39 is 5.82 Å². The van der Waals surface area contributed by atoms with Crippen LogP contribution in [0.15, 0.2) is 65.8 Å². The van der Waals surface area contributed by atoms with Gasteiger partial charge in [0, 0.05) is 27.2 Å². The van der Waals surface area contributed by atoms with Gasteiger partial charge in [0.05, 0.1) is 11.2 Å². The Kier molecular flexibility index (Phi) is 6.56. The SMILES string of the molecule is Fc1cc(Oc2ccccc2/C=N/OCc2c(Cl)cccc2Cl)ccc1Cl. The second kappa shape index (κ2) is 9.09. The summed E-state index contributed by atoms with van der Waals surface area (Å²) < 4.78 is 19.3. The molecule has 0 spiro atoms. The number of para-hydroxylation sites is 1.